The second-order valence-corrected chi connectivity index (χ2v) is 5.72. The van der Waals surface area contributed by atoms with Gasteiger partial charge in [-0.2, -0.15) is 39.5 Å². The monoisotopic (exact) mass is 387 g/mol. The van der Waals surface area contributed by atoms with E-state index in [1.807, 2.05) is 19.4 Å². The fourth-order valence-electron chi connectivity index (χ4n) is 1.04. The van der Waals surface area contributed by atoms with E-state index in [2.05, 4.69) is 0 Å². The third kappa shape index (κ3) is 6.71. The SMILES string of the molecule is C[NH2+]C.O=S(=O)([O-])C(F)(F)C(F)(F)C(F)(F)CCCC(F)(F)F. The number of hydrogen-bond acceptors (Lipinski definition) is 3. The number of halogens is 9. The van der Waals surface area contributed by atoms with Crippen LogP contribution in [0.1, 0.15) is 19.3 Å². The molecule has 0 aromatic heterocycles. The molecule has 0 aliphatic rings. The van der Waals surface area contributed by atoms with Gasteiger partial charge in [0, 0.05) is 12.8 Å². The van der Waals surface area contributed by atoms with Gasteiger partial charge in [-0.15, -0.1) is 0 Å². The van der Waals surface area contributed by atoms with Crippen LogP contribution in [-0.4, -0.2) is 50.3 Å². The van der Waals surface area contributed by atoms with E-state index >= 15 is 0 Å². The van der Waals surface area contributed by atoms with Gasteiger partial charge in [0.1, 0.15) is 0 Å². The van der Waals surface area contributed by atoms with Gasteiger partial charge in [-0.25, -0.2) is 8.42 Å². The first-order valence-corrected chi connectivity index (χ1v) is 7.18. The van der Waals surface area contributed by atoms with Gasteiger partial charge >= 0.3 is 23.3 Å². The average molecular weight is 387 g/mol. The second-order valence-electron chi connectivity index (χ2n) is 4.30. The lowest BCUT2D eigenvalue weighted by Crippen LogP contribution is -2.74. The van der Waals surface area contributed by atoms with Gasteiger partial charge in [0.2, 0.25) is 0 Å². The van der Waals surface area contributed by atoms with E-state index < -0.39 is 52.7 Å². The standard InChI is InChI=1S/C7H7F9O3S.C2H7N/c8-4(9,2-1-3-5(10,11)12)6(13,14)7(15,16)20(17,18)19;1-3-2/h1-3H2,(H,17,18,19);3H,1-2H3. The largest absolute Gasteiger partial charge is 0.743 e. The highest BCUT2D eigenvalue weighted by atomic mass is 32.2. The van der Waals surface area contributed by atoms with Crippen molar-refractivity contribution in [2.24, 2.45) is 0 Å². The molecule has 0 spiro atoms. The van der Waals surface area contributed by atoms with Crippen LogP contribution >= 0.6 is 0 Å². The third-order valence-electron chi connectivity index (χ3n) is 2.09. The molecule has 2 N–H and O–H groups in total. The summed E-state index contributed by atoms with van der Waals surface area (Å²) in [6.45, 7) is 0. The van der Waals surface area contributed by atoms with Gasteiger partial charge in [0.05, 0.1) is 14.1 Å². The predicted molar refractivity (Wildman–Crippen MR) is 58.2 cm³/mol. The molecule has 0 aromatic carbocycles. The van der Waals surface area contributed by atoms with Crippen LogP contribution in [0.25, 0.3) is 0 Å². The van der Waals surface area contributed by atoms with Gasteiger partial charge in [0.15, 0.2) is 10.1 Å². The topological polar surface area (TPSA) is 73.8 Å². The van der Waals surface area contributed by atoms with Crippen molar-refractivity contribution in [1.82, 2.24) is 0 Å². The van der Waals surface area contributed by atoms with Crippen LogP contribution < -0.4 is 5.32 Å². The molecule has 4 nitrogen and oxygen atoms in total. The first-order chi connectivity index (χ1) is 9.87. The molecule has 0 atom stereocenters. The van der Waals surface area contributed by atoms with Crippen LogP contribution in [0.4, 0.5) is 39.5 Å². The Morgan fingerprint density at radius 3 is 1.48 bits per heavy atom. The number of rotatable bonds is 6. The average Bonchev–Trinajstić information content (AvgIpc) is 2.25. The van der Waals surface area contributed by atoms with Crippen molar-refractivity contribution < 1.29 is 57.8 Å². The molecule has 0 aromatic rings. The molecule has 0 aliphatic carbocycles. The van der Waals surface area contributed by atoms with E-state index in [1.54, 1.807) is 0 Å². The van der Waals surface area contributed by atoms with E-state index in [-0.39, 0.29) is 0 Å². The Morgan fingerprint density at radius 2 is 1.22 bits per heavy atom. The summed E-state index contributed by atoms with van der Waals surface area (Å²) < 4.78 is 141. The lowest BCUT2D eigenvalue weighted by Gasteiger charge is -2.33. The normalized spacial score (nSPS) is 14.3. The minimum absolute atomic E-state index is 1.65. The van der Waals surface area contributed by atoms with Gasteiger partial charge in [0.25, 0.3) is 0 Å². The van der Waals surface area contributed by atoms with E-state index in [1.165, 1.54) is 0 Å². The molecule has 23 heavy (non-hydrogen) atoms. The summed E-state index contributed by atoms with van der Waals surface area (Å²) in [6, 6.07) is 0. The van der Waals surface area contributed by atoms with Crippen molar-refractivity contribution in [1.29, 1.82) is 0 Å². The molecule has 14 heteroatoms. The first kappa shape index (κ1) is 24.5. The maximum Gasteiger partial charge on any atom is 0.402 e. The number of hydrogen-bond donors (Lipinski definition) is 1. The maximum atomic E-state index is 12.8. The number of quaternary nitrogens is 1. The zero-order valence-corrected chi connectivity index (χ0v) is 12.5. The highest BCUT2D eigenvalue weighted by Crippen LogP contribution is 2.50. The molecule has 0 radical (unpaired) electrons. The van der Waals surface area contributed by atoms with Crippen molar-refractivity contribution >= 4 is 10.1 Å². The molecule has 0 aliphatic heterocycles. The Hall–Kier alpha value is -0.760. The lowest BCUT2D eigenvalue weighted by molar-refractivity contribution is -0.597. The van der Waals surface area contributed by atoms with Crippen LogP contribution in [-0.2, 0) is 10.1 Å². The van der Waals surface area contributed by atoms with Crippen molar-refractivity contribution in [2.45, 2.75) is 42.5 Å². The van der Waals surface area contributed by atoms with Gasteiger partial charge in [-0.1, -0.05) is 0 Å². The Kier molecular flexibility index (Phi) is 8.39. The molecule has 0 fully saturated rings. The van der Waals surface area contributed by atoms with Crippen LogP contribution in [0, 0.1) is 0 Å². The Balaban J connectivity index is 0. The van der Waals surface area contributed by atoms with Gasteiger partial charge in [-0.05, 0) is 6.42 Å². The molecule has 0 saturated carbocycles. The molecule has 0 amide bonds. The molecule has 142 valence electrons. The second kappa shape index (κ2) is 7.88. The highest BCUT2D eigenvalue weighted by Gasteiger charge is 2.74. The summed E-state index contributed by atoms with van der Waals surface area (Å²) >= 11 is 0. The smallest absolute Gasteiger partial charge is 0.402 e. The van der Waals surface area contributed by atoms with E-state index in [9.17, 15) is 52.5 Å². The fourth-order valence-corrected chi connectivity index (χ4v) is 1.50. The van der Waals surface area contributed by atoms with Crippen molar-refractivity contribution in [3.05, 3.63) is 0 Å². The molecule has 0 unspecified atom stereocenters. The van der Waals surface area contributed by atoms with Crippen LogP contribution in [0.2, 0.25) is 0 Å². The quantitative estimate of drug-likeness (QED) is 0.559. The summed E-state index contributed by atoms with van der Waals surface area (Å²) in [6.07, 6.45) is -11.0. The molecule has 0 rings (SSSR count). The molecule has 0 heterocycles. The van der Waals surface area contributed by atoms with Gasteiger partial charge in [-0.3, -0.25) is 0 Å². The molecular formula is C9H14F9NO3S. The summed E-state index contributed by atoms with van der Waals surface area (Å²) in [5.41, 5.74) is 0. The highest BCUT2D eigenvalue weighted by molar-refractivity contribution is 7.86. The number of nitrogens with two attached hydrogens (primary N) is 1. The summed E-state index contributed by atoms with van der Waals surface area (Å²) in [5, 5.41) is -4.65. The van der Waals surface area contributed by atoms with E-state index in [0.29, 0.717) is 0 Å². The minimum Gasteiger partial charge on any atom is -0.743 e. The zero-order valence-electron chi connectivity index (χ0n) is 11.7. The van der Waals surface area contributed by atoms with Gasteiger partial charge < -0.3 is 9.87 Å². The Morgan fingerprint density at radius 1 is 0.870 bits per heavy atom. The lowest BCUT2D eigenvalue weighted by atomic mass is 10.0. The fraction of sp³-hybridized carbons (Fsp3) is 1.00. The van der Waals surface area contributed by atoms with Crippen molar-refractivity contribution in [2.75, 3.05) is 14.1 Å². The predicted octanol–water partition coefficient (Wildman–Crippen LogP) is 1.94. The van der Waals surface area contributed by atoms with E-state index in [0.717, 1.165) is 0 Å². The van der Waals surface area contributed by atoms with Crippen LogP contribution in [0.15, 0.2) is 0 Å². The Bertz CT molecular complexity index is 461. The number of alkyl halides is 9. The summed E-state index contributed by atoms with van der Waals surface area (Å²) in [5.74, 6) is -12.4. The third-order valence-corrected chi connectivity index (χ3v) is 2.97. The summed E-state index contributed by atoms with van der Waals surface area (Å²) in [4.78, 5) is 0. The minimum atomic E-state index is -7.13. The molecule has 0 bridgehead atoms. The molecular weight excluding hydrogens is 373 g/mol. The first-order valence-electron chi connectivity index (χ1n) is 5.77. The zero-order chi connectivity index (χ0) is 19.3. The van der Waals surface area contributed by atoms with E-state index in [4.69, 9.17) is 0 Å². The van der Waals surface area contributed by atoms with Crippen molar-refractivity contribution in [3.63, 3.8) is 0 Å². The van der Waals surface area contributed by atoms with Crippen LogP contribution in [0.5, 0.6) is 0 Å². The Labute approximate surface area is 125 Å². The van der Waals surface area contributed by atoms with Crippen LogP contribution in [0.3, 0.4) is 0 Å². The van der Waals surface area contributed by atoms with Crippen molar-refractivity contribution in [3.8, 4) is 0 Å². The molecule has 0 saturated heterocycles. The summed E-state index contributed by atoms with van der Waals surface area (Å²) in [7, 11) is -3.13. The maximum absolute atomic E-state index is 12.8.